The molecule has 0 amide bonds. The molecule has 1 aliphatic heterocycles. The molecule has 2 aromatic carbocycles. The largest absolute Gasteiger partial charge is 0.493 e. The van der Waals surface area contributed by atoms with Crippen LogP contribution in [0, 0.1) is 5.82 Å². The van der Waals surface area contributed by atoms with Crippen molar-refractivity contribution in [3.63, 3.8) is 0 Å². The number of aromatic nitrogens is 1. The highest BCUT2D eigenvalue weighted by molar-refractivity contribution is 5.80. The molecule has 0 saturated carbocycles. The lowest BCUT2D eigenvalue weighted by atomic mass is 9.72. The van der Waals surface area contributed by atoms with Crippen molar-refractivity contribution in [2.75, 3.05) is 26.8 Å². The third kappa shape index (κ3) is 4.55. The molecule has 1 atom stereocenters. The summed E-state index contributed by atoms with van der Waals surface area (Å²) in [5, 5.41) is 8.71. The first kappa shape index (κ1) is 24.3. The molecule has 1 fully saturated rings. The number of carbonyl (C=O) groups is 1. The van der Waals surface area contributed by atoms with Crippen molar-refractivity contribution in [1.82, 2.24) is 10.5 Å². The predicted molar refractivity (Wildman–Crippen MR) is 136 cm³/mol. The quantitative estimate of drug-likeness (QED) is 0.319. The van der Waals surface area contributed by atoms with E-state index in [9.17, 15) is 9.18 Å². The molecule has 188 valence electrons. The number of halogens is 1. The van der Waals surface area contributed by atoms with Gasteiger partial charge in [0.1, 0.15) is 12.1 Å². The first-order valence-electron chi connectivity index (χ1n) is 12.5. The Bertz CT molecular complexity index is 1290. The van der Waals surface area contributed by atoms with Crippen LogP contribution < -0.4 is 14.8 Å². The minimum atomic E-state index is -0.689. The summed E-state index contributed by atoms with van der Waals surface area (Å²) >= 11 is 0. The van der Waals surface area contributed by atoms with Gasteiger partial charge in [-0.25, -0.2) is 4.39 Å². The molecule has 2 heterocycles. The van der Waals surface area contributed by atoms with Gasteiger partial charge < -0.3 is 24.1 Å². The molecule has 7 heteroatoms. The number of rotatable bonds is 9. The lowest BCUT2D eigenvalue weighted by Gasteiger charge is -2.36. The first-order valence-corrected chi connectivity index (χ1v) is 12.5. The third-order valence-corrected chi connectivity index (χ3v) is 7.56. The zero-order chi connectivity index (χ0) is 25.0. The van der Waals surface area contributed by atoms with Gasteiger partial charge in [0.25, 0.3) is 0 Å². The van der Waals surface area contributed by atoms with Crippen LogP contribution in [0.4, 0.5) is 4.39 Å². The van der Waals surface area contributed by atoms with Crippen LogP contribution in [0.5, 0.6) is 11.5 Å². The van der Waals surface area contributed by atoms with Crippen molar-refractivity contribution < 1.29 is 23.2 Å². The fourth-order valence-electron chi connectivity index (χ4n) is 5.48. The van der Waals surface area contributed by atoms with Gasteiger partial charge in [-0.3, -0.25) is 0 Å². The minimum absolute atomic E-state index is 0.162. The Hall–Kier alpha value is -3.45. The molecule has 2 aliphatic rings. The zero-order valence-electron chi connectivity index (χ0n) is 20.5. The Morgan fingerprint density at radius 2 is 2.00 bits per heavy atom. The number of allylic oxidation sites excluding steroid dienone is 4. The van der Waals surface area contributed by atoms with Gasteiger partial charge in [-0.2, -0.15) is 0 Å². The van der Waals surface area contributed by atoms with E-state index in [-0.39, 0.29) is 11.2 Å². The Kier molecular flexibility index (Phi) is 6.92. The second-order valence-corrected chi connectivity index (χ2v) is 9.67. The van der Waals surface area contributed by atoms with Gasteiger partial charge in [0, 0.05) is 16.9 Å². The number of hydrogen-bond acceptors (Lipinski definition) is 6. The van der Waals surface area contributed by atoms with Gasteiger partial charge in [-0.1, -0.05) is 35.5 Å². The molecule has 1 unspecified atom stereocenters. The highest BCUT2D eigenvalue weighted by Crippen LogP contribution is 2.41. The van der Waals surface area contributed by atoms with Gasteiger partial charge in [0.2, 0.25) is 0 Å². The van der Waals surface area contributed by atoms with Crippen LogP contribution in [0.1, 0.15) is 43.4 Å². The molecule has 1 aromatic heterocycles. The Balaban J connectivity index is 1.33. The lowest BCUT2D eigenvalue weighted by Crippen LogP contribution is -2.40. The summed E-state index contributed by atoms with van der Waals surface area (Å²) in [5.41, 5.74) is 1.42. The number of fused-ring (bicyclic) bond motifs is 1. The molecule has 1 N–H and O–H groups in total. The number of nitrogens with one attached hydrogen (secondary N) is 1. The summed E-state index contributed by atoms with van der Waals surface area (Å²) in [6.07, 6.45) is 12.9. The monoisotopic (exact) mass is 490 g/mol. The number of carbonyl (C=O) groups excluding carboxylic acids is 1. The predicted octanol–water partition coefficient (Wildman–Crippen LogP) is 5.41. The van der Waals surface area contributed by atoms with E-state index in [1.165, 1.54) is 12.1 Å². The fraction of sp³-hybridized carbons (Fsp3) is 0.379. The molecular weight excluding hydrogens is 459 g/mol. The molecule has 0 bridgehead atoms. The lowest BCUT2D eigenvalue weighted by molar-refractivity contribution is -0.111. The van der Waals surface area contributed by atoms with E-state index in [2.05, 4.69) is 10.5 Å². The molecule has 0 radical (unpaired) electrons. The summed E-state index contributed by atoms with van der Waals surface area (Å²) in [6, 6.07) is 10.3. The molecular formula is C29H31FN2O4. The van der Waals surface area contributed by atoms with Gasteiger partial charge in [0.05, 0.1) is 24.8 Å². The van der Waals surface area contributed by atoms with E-state index in [1.54, 1.807) is 13.2 Å². The molecule has 36 heavy (non-hydrogen) atoms. The Morgan fingerprint density at radius 1 is 1.14 bits per heavy atom. The fourth-order valence-corrected chi connectivity index (χ4v) is 5.48. The molecule has 1 saturated heterocycles. The summed E-state index contributed by atoms with van der Waals surface area (Å²) in [5.74, 6) is 0.933. The minimum Gasteiger partial charge on any atom is -0.493 e. The molecule has 5 rings (SSSR count). The second-order valence-electron chi connectivity index (χ2n) is 9.67. The van der Waals surface area contributed by atoms with Gasteiger partial charge in [0.15, 0.2) is 17.1 Å². The van der Waals surface area contributed by atoms with Crippen molar-refractivity contribution in [3.8, 4) is 11.5 Å². The van der Waals surface area contributed by atoms with Crippen LogP contribution in [0.25, 0.3) is 11.0 Å². The second kappa shape index (κ2) is 10.3. The number of aldehydes is 1. The van der Waals surface area contributed by atoms with E-state index in [1.807, 2.05) is 42.5 Å². The number of piperidine rings is 1. The highest BCUT2D eigenvalue weighted by Gasteiger charge is 2.38. The summed E-state index contributed by atoms with van der Waals surface area (Å²) in [4.78, 5) is 12.0. The van der Waals surface area contributed by atoms with E-state index in [0.29, 0.717) is 30.1 Å². The van der Waals surface area contributed by atoms with E-state index in [4.69, 9.17) is 14.0 Å². The number of methoxy groups -OCH3 is 1. The van der Waals surface area contributed by atoms with Crippen LogP contribution in [0.3, 0.4) is 0 Å². The van der Waals surface area contributed by atoms with Crippen LogP contribution in [0.15, 0.2) is 65.2 Å². The SMILES string of the molecule is COc1ccc(C2(C=O)C=CC=CC2)cc1OCCCC1(c2noc3cc(F)ccc23)CCNCC1. The molecule has 0 spiro atoms. The first-order chi connectivity index (χ1) is 17.6. The van der Waals surface area contributed by atoms with Crippen molar-refractivity contribution in [2.45, 2.75) is 42.9 Å². The van der Waals surface area contributed by atoms with Crippen molar-refractivity contribution >= 4 is 17.3 Å². The van der Waals surface area contributed by atoms with Crippen LogP contribution in [-0.4, -0.2) is 38.2 Å². The third-order valence-electron chi connectivity index (χ3n) is 7.56. The topological polar surface area (TPSA) is 73.6 Å². The number of benzene rings is 2. The summed E-state index contributed by atoms with van der Waals surface area (Å²) in [6.45, 7) is 2.27. The van der Waals surface area contributed by atoms with Gasteiger partial charge in [-0.05, 0) is 75.0 Å². The highest BCUT2D eigenvalue weighted by atomic mass is 19.1. The average Bonchev–Trinajstić information content (AvgIpc) is 3.35. The van der Waals surface area contributed by atoms with Crippen LogP contribution in [0.2, 0.25) is 0 Å². The maximum absolute atomic E-state index is 13.7. The van der Waals surface area contributed by atoms with Crippen molar-refractivity contribution in [3.05, 3.63) is 77.8 Å². The van der Waals surface area contributed by atoms with Gasteiger partial charge in [-0.15, -0.1) is 0 Å². The molecule has 3 aromatic rings. The Morgan fingerprint density at radius 3 is 2.75 bits per heavy atom. The summed E-state index contributed by atoms with van der Waals surface area (Å²) < 4.78 is 31.0. The van der Waals surface area contributed by atoms with Gasteiger partial charge >= 0.3 is 0 Å². The standard InChI is InChI=1S/C29H31FN2O4/c1-34-24-9-6-21(29(20-33)10-3-2-4-11-29)18-26(24)35-17-5-12-28(13-15-31-16-14-28)27-23-8-7-22(30)19-25(23)36-32-27/h2-4,6-10,18-20,31H,5,11-17H2,1H3. The Labute approximate surface area is 210 Å². The normalized spacial score (nSPS) is 20.9. The van der Waals surface area contributed by atoms with Crippen molar-refractivity contribution in [1.29, 1.82) is 0 Å². The smallest absolute Gasteiger partial charge is 0.170 e. The number of ether oxygens (including phenoxy) is 2. The number of hydrogen-bond donors (Lipinski definition) is 1. The molecule has 6 nitrogen and oxygen atoms in total. The van der Waals surface area contributed by atoms with Crippen LogP contribution >= 0.6 is 0 Å². The number of nitrogens with zero attached hydrogens (tertiary/aromatic N) is 1. The van der Waals surface area contributed by atoms with E-state index >= 15 is 0 Å². The zero-order valence-corrected chi connectivity index (χ0v) is 20.5. The maximum Gasteiger partial charge on any atom is 0.170 e. The summed E-state index contributed by atoms with van der Waals surface area (Å²) in [7, 11) is 1.61. The average molecular weight is 491 g/mol. The van der Waals surface area contributed by atoms with Crippen LogP contribution in [-0.2, 0) is 15.6 Å². The van der Waals surface area contributed by atoms with E-state index in [0.717, 1.165) is 61.7 Å². The van der Waals surface area contributed by atoms with E-state index < -0.39 is 5.41 Å². The molecule has 1 aliphatic carbocycles. The maximum atomic E-state index is 13.7. The van der Waals surface area contributed by atoms with Crippen molar-refractivity contribution in [2.24, 2.45) is 0 Å².